The summed E-state index contributed by atoms with van der Waals surface area (Å²) < 4.78 is 0. The molecule has 0 aromatic carbocycles. The average molecular weight is 172 g/mol. The largest absolute Gasteiger partial charge is 0.338 e. The van der Waals surface area contributed by atoms with Crippen LogP contribution in [0.25, 0.3) is 0 Å². The quantitative estimate of drug-likeness (QED) is 0.689. The standard InChI is InChI=1S/C9H20N2O/c1-5-7-10-9(12)11(6-2)8(3)4/h8H,5-7H2,1-4H3,(H,10,12). The van der Waals surface area contributed by atoms with Crippen LogP contribution in [-0.4, -0.2) is 30.1 Å². The molecule has 3 heteroatoms. The van der Waals surface area contributed by atoms with Gasteiger partial charge in [0.25, 0.3) is 0 Å². The lowest BCUT2D eigenvalue weighted by atomic mass is 10.3. The van der Waals surface area contributed by atoms with Crippen molar-refractivity contribution in [2.24, 2.45) is 0 Å². The van der Waals surface area contributed by atoms with Crippen molar-refractivity contribution in [1.29, 1.82) is 0 Å². The Labute approximate surface area is 75.1 Å². The van der Waals surface area contributed by atoms with Crippen LogP contribution in [0, 0.1) is 0 Å². The summed E-state index contributed by atoms with van der Waals surface area (Å²) in [7, 11) is 0. The maximum Gasteiger partial charge on any atom is 0.317 e. The topological polar surface area (TPSA) is 32.3 Å². The Morgan fingerprint density at radius 2 is 2.00 bits per heavy atom. The number of carbonyl (C=O) groups excluding carboxylic acids is 1. The molecule has 0 radical (unpaired) electrons. The zero-order chi connectivity index (χ0) is 9.56. The Morgan fingerprint density at radius 3 is 2.33 bits per heavy atom. The van der Waals surface area contributed by atoms with Crippen molar-refractivity contribution in [1.82, 2.24) is 10.2 Å². The third-order valence-electron chi connectivity index (χ3n) is 1.75. The zero-order valence-electron chi connectivity index (χ0n) is 8.55. The van der Waals surface area contributed by atoms with Gasteiger partial charge >= 0.3 is 6.03 Å². The third-order valence-corrected chi connectivity index (χ3v) is 1.75. The number of rotatable bonds is 4. The summed E-state index contributed by atoms with van der Waals surface area (Å²) >= 11 is 0. The van der Waals surface area contributed by atoms with Crippen molar-refractivity contribution in [2.45, 2.75) is 40.2 Å². The van der Waals surface area contributed by atoms with Gasteiger partial charge in [-0.3, -0.25) is 0 Å². The zero-order valence-corrected chi connectivity index (χ0v) is 8.55. The van der Waals surface area contributed by atoms with Crippen molar-refractivity contribution >= 4 is 6.03 Å². The summed E-state index contributed by atoms with van der Waals surface area (Å²) in [5, 5.41) is 2.85. The summed E-state index contributed by atoms with van der Waals surface area (Å²) in [6, 6.07) is 0.334. The molecule has 0 saturated carbocycles. The van der Waals surface area contributed by atoms with E-state index in [-0.39, 0.29) is 12.1 Å². The lowest BCUT2D eigenvalue weighted by Crippen LogP contribution is -2.43. The van der Waals surface area contributed by atoms with Crippen LogP contribution in [0.1, 0.15) is 34.1 Å². The predicted octanol–water partition coefficient (Wildman–Crippen LogP) is 1.84. The second kappa shape index (κ2) is 5.86. The molecule has 0 bridgehead atoms. The second-order valence-corrected chi connectivity index (χ2v) is 3.11. The molecule has 0 heterocycles. The van der Waals surface area contributed by atoms with Crippen molar-refractivity contribution in [3.63, 3.8) is 0 Å². The van der Waals surface area contributed by atoms with E-state index in [2.05, 4.69) is 5.32 Å². The molecule has 0 saturated heterocycles. The molecule has 0 rings (SSSR count). The first-order valence-electron chi connectivity index (χ1n) is 4.67. The number of hydrogen-bond donors (Lipinski definition) is 1. The maximum absolute atomic E-state index is 11.4. The van der Waals surface area contributed by atoms with Gasteiger partial charge in [-0.15, -0.1) is 0 Å². The van der Waals surface area contributed by atoms with E-state index < -0.39 is 0 Å². The van der Waals surface area contributed by atoms with E-state index in [0.717, 1.165) is 19.5 Å². The molecule has 0 aromatic rings. The lowest BCUT2D eigenvalue weighted by Gasteiger charge is -2.25. The van der Waals surface area contributed by atoms with Crippen LogP contribution in [0.4, 0.5) is 4.79 Å². The fraction of sp³-hybridized carbons (Fsp3) is 0.889. The van der Waals surface area contributed by atoms with Gasteiger partial charge in [-0.25, -0.2) is 4.79 Å². The van der Waals surface area contributed by atoms with Gasteiger partial charge in [0.05, 0.1) is 0 Å². The summed E-state index contributed by atoms with van der Waals surface area (Å²) in [6.45, 7) is 9.62. The van der Waals surface area contributed by atoms with Gasteiger partial charge in [-0.05, 0) is 27.2 Å². The van der Waals surface area contributed by atoms with Crippen LogP contribution >= 0.6 is 0 Å². The van der Waals surface area contributed by atoms with Crippen molar-refractivity contribution in [3.05, 3.63) is 0 Å². The first kappa shape index (κ1) is 11.3. The SMILES string of the molecule is CCCNC(=O)N(CC)C(C)C. The minimum absolute atomic E-state index is 0.0503. The molecule has 0 spiro atoms. The molecular weight excluding hydrogens is 152 g/mol. The molecule has 0 aromatic heterocycles. The van der Waals surface area contributed by atoms with Gasteiger partial charge in [0, 0.05) is 19.1 Å². The summed E-state index contributed by atoms with van der Waals surface area (Å²) in [5.74, 6) is 0. The second-order valence-electron chi connectivity index (χ2n) is 3.11. The smallest absolute Gasteiger partial charge is 0.317 e. The highest BCUT2D eigenvalue weighted by molar-refractivity contribution is 5.74. The van der Waals surface area contributed by atoms with Crippen LogP contribution in [0.2, 0.25) is 0 Å². The fourth-order valence-electron chi connectivity index (χ4n) is 1.08. The highest BCUT2D eigenvalue weighted by Gasteiger charge is 2.12. The number of nitrogens with zero attached hydrogens (tertiary/aromatic N) is 1. The van der Waals surface area contributed by atoms with E-state index in [1.807, 2.05) is 32.6 Å². The van der Waals surface area contributed by atoms with Gasteiger partial charge in [0.15, 0.2) is 0 Å². The average Bonchev–Trinajstić information content (AvgIpc) is 2.01. The summed E-state index contributed by atoms with van der Waals surface area (Å²) in [6.07, 6.45) is 0.987. The molecule has 0 fully saturated rings. The van der Waals surface area contributed by atoms with Crippen molar-refractivity contribution in [2.75, 3.05) is 13.1 Å². The lowest BCUT2D eigenvalue weighted by molar-refractivity contribution is 0.187. The molecule has 3 nitrogen and oxygen atoms in total. The number of urea groups is 1. The Kier molecular flexibility index (Phi) is 5.51. The molecule has 0 unspecified atom stereocenters. The predicted molar refractivity (Wildman–Crippen MR) is 51.2 cm³/mol. The molecule has 0 aliphatic rings. The molecule has 72 valence electrons. The molecule has 1 N–H and O–H groups in total. The Balaban J connectivity index is 3.86. The Morgan fingerprint density at radius 1 is 1.42 bits per heavy atom. The molecule has 0 atom stereocenters. The third kappa shape index (κ3) is 3.60. The van der Waals surface area contributed by atoms with E-state index >= 15 is 0 Å². The summed E-state index contributed by atoms with van der Waals surface area (Å²) in [4.78, 5) is 13.2. The first-order valence-corrected chi connectivity index (χ1v) is 4.67. The minimum Gasteiger partial charge on any atom is -0.338 e. The fourth-order valence-corrected chi connectivity index (χ4v) is 1.08. The van der Waals surface area contributed by atoms with Crippen LogP contribution in [-0.2, 0) is 0 Å². The molecule has 0 aliphatic heterocycles. The number of nitrogens with one attached hydrogen (secondary N) is 1. The van der Waals surface area contributed by atoms with Gasteiger partial charge < -0.3 is 10.2 Å². The first-order chi connectivity index (χ1) is 5.63. The maximum atomic E-state index is 11.4. The number of carbonyl (C=O) groups is 1. The van der Waals surface area contributed by atoms with E-state index in [4.69, 9.17) is 0 Å². The Hall–Kier alpha value is -0.730. The van der Waals surface area contributed by atoms with E-state index in [1.54, 1.807) is 0 Å². The van der Waals surface area contributed by atoms with E-state index in [9.17, 15) is 4.79 Å². The summed E-state index contributed by atoms with van der Waals surface area (Å²) in [5.41, 5.74) is 0. The van der Waals surface area contributed by atoms with Gasteiger partial charge in [-0.2, -0.15) is 0 Å². The van der Waals surface area contributed by atoms with Crippen molar-refractivity contribution < 1.29 is 4.79 Å². The molecule has 12 heavy (non-hydrogen) atoms. The highest BCUT2D eigenvalue weighted by atomic mass is 16.2. The van der Waals surface area contributed by atoms with Crippen LogP contribution in [0.5, 0.6) is 0 Å². The number of amides is 2. The number of hydrogen-bond acceptors (Lipinski definition) is 1. The normalized spacial score (nSPS) is 10.1. The van der Waals surface area contributed by atoms with Crippen LogP contribution < -0.4 is 5.32 Å². The molecule has 2 amide bonds. The van der Waals surface area contributed by atoms with E-state index in [0.29, 0.717) is 0 Å². The van der Waals surface area contributed by atoms with Gasteiger partial charge in [0.1, 0.15) is 0 Å². The van der Waals surface area contributed by atoms with E-state index in [1.165, 1.54) is 0 Å². The molecule has 0 aliphatic carbocycles. The van der Waals surface area contributed by atoms with Crippen molar-refractivity contribution in [3.8, 4) is 0 Å². The minimum atomic E-state index is 0.0503. The van der Waals surface area contributed by atoms with Crippen LogP contribution in [0.15, 0.2) is 0 Å². The molecular formula is C9H20N2O. The monoisotopic (exact) mass is 172 g/mol. The van der Waals surface area contributed by atoms with Crippen LogP contribution in [0.3, 0.4) is 0 Å². The highest BCUT2D eigenvalue weighted by Crippen LogP contribution is 1.97. The van der Waals surface area contributed by atoms with Gasteiger partial charge in [-0.1, -0.05) is 6.92 Å². The Bertz CT molecular complexity index is 134. The van der Waals surface area contributed by atoms with Gasteiger partial charge in [0.2, 0.25) is 0 Å².